The number of thiazole rings is 1. The Balaban J connectivity index is 1.81. The summed E-state index contributed by atoms with van der Waals surface area (Å²) < 4.78 is 0. The Morgan fingerprint density at radius 2 is 2.00 bits per heavy atom. The molecule has 1 N–H and O–H groups in total. The minimum Gasteiger partial charge on any atom is -0.312 e. The molecular formula is C16H20N2S. The molecule has 1 heterocycles. The fourth-order valence-electron chi connectivity index (χ4n) is 3.04. The van der Waals surface area contributed by atoms with Gasteiger partial charge in [0.15, 0.2) is 0 Å². The van der Waals surface area contributed by atoms with E-state index in [2.05, 4.69) is 61.5 Å². The van der Waals surface area contributed by atoms with Crippen molar-refractivity contribution in [3.63, 3.8) is 0 Å². The highest BCUT2D eigenvalue weighted by atomic mass is 32.1. The number of aromatic nitrogens is 1. The van der Waals surface area contributed by atoms with Crippen molar-refractivity contribution >= 4 is 11.3 Å². The SMILES string of the molecule is CNC(c1sc(C)nc1C)C1CC1c1ccccc1. The van der Waals surface area contributed by atoms with Crippen LogP contribution in [0.15, 0.2) is 30.3 Å². The first kappa shape index (κ1) is 12.8. The summed E-state index contributed by atoms with van der Waals surface area (Å²) in [6, 6.07) is 11.3. The van der Waals surface area contributed by atoms with Crippen LogP contribution in [0.5, 0.6) is 0 Å². The Labute approximate surface area is 118 Å². The molecule has 19 heavy (non-hydrogen) atoms. The molecule has 1 fully saturated rings. The molecule has 1 aromatic heterocycles. The second-order valence-corrected chi connectivity index (χ2v) is 6.60. The van der Waals surface area contributed by atoms with E-state index in [1.54, 1.807) is 0 Å². The maximum Gasteiger partial charge on any atom is 0.0900 e. The lowest BCUT2D eigenvalue weighted by Gasteiger charge is -2.15. The van der Waals surface area contributed by atoms with Gasteiger partial charge in [0, 0.05) is 10.9 Å². The minimum atomic E-state index is 0.455. The molecule has 3 heteroatoms. The van der Waals surface area contributed by atoms with Crippen LogP contribution in [0.2, 0.25) is 0 Å². The monoisotopic (exact) mass is 272 g/mol. The molecule has 0 bridgehead atoms. The second kappa shape index (κ2) is 5.06. The van der Waals surface area contributed by atoms with Gasteiger partial charge in [0.1, 0.15) is 0 Å². The van der Waals surface area contributed by atoms with E-state index in [9.17, 15) is 0 Å². The molecule has 0 aliphatic heterocycles. The lowest BCUT2D eigenvalue weighted by Crippen LogP contribution is -2.18. The topological polar surface area (TPSA) is 24.9 Å². The van der Waals surface area contributed by atoms with Crippen molar-refractivity contribution in [1.29, 1.82) is 0 Å². The minimum absolute atomic E-state index is 0.455. The molecule has 0 radical (unpaired) electrons. The quantitative estimate of drug-likeness (QED) is 0.915. The maximum absolute atomic E-state index is 4.57. The molecule has 0 saturated heterocycles. The van der Waals surface area contributed by atoms with Crippen molar-refractivity contribution in [2.75, 3.05) is 7.05 Å². The third-order valence-corrected chi connectivity index (χ3v) is 5.18. The highest BCUT2D eigenvalue weighted by Gasteiger charge is 2.44. The standard InChI is InChI=1S/C16H20N2S/c1-10-16(19-11(2)18-10)15(17-3)14-9-13(14)12-7-5-4-6-8-12/h4-8,13-15,17H,9H2,1-3H3. The molecule has 100 valence electrons. The van der Waals surface area contributed by atoms with E-state index in [0.717, 1.165) is 0 Å². The highest BCUT2D eigenvalue weighted by Crippen LogP contribution is 2.54. The van der Waals surface area contributed by atoms with E-state index in [1.807, 2.05) is 11.3 Å². The zero-order chi connectivity index (χ0) is 13.4. The molecule has 3 rings (SSSR count). The van der Waals surface area contributed by atoms with Crippen LogP contribution in [-0.4, -0.2) is 12.0 Å². The van der Waals surface area contributed by atoms with E-state index in [-0.39, 0.29) is 0 Å². The van der Waals surface area contributed by atoms with E-state index in [1.165, 1.54) is 27.6 Å². The molecular weight excluding hydrogens is 252 g/mol. The molecule has 0 spiro atoms. The lowest BCUT2D eigenvalue weighted by atomic mass is 10.0. The first-order valence-electron chi connectivity index (χ1n) is 6.87. The summed E-state index contributed by atoms with van der Waals surface area (Å²) in [6.07, 6.45) is 1.28. The van der Waals surface area contributed by atoms with Crippen molar-refractivity contribution in [2.45, 2.75) is 32.2 Å². The van der Waals surface area contributed by atoms with Crippen molar-refractivity contribution in [2.24, 2.45) is 5.92 Å². The first-order chi connectivity index (χ1) is 9.20. The van der Waals surface area contributed by atoms with Crippen molar-refractivity contribution in [3.8, 4) is 0 Å². The fraction of sp³-hybridized carbons (Fsp3) is 0.438. The zero-order valence-electron chi connectivity index (χ0n) is 11.7. The van der Waals surface area contributed by atoms with Crippen molar-refractivity contribution in [1.82, 2.24) is 10.3 Å². The maximum atomic E-state index is 4.57. The summed E-state index contributed by atoms with van der Waals surface area (Å²) in [4.78, 5) is 5.99. The van der Waals surface area contributed by atoms with Crippen LogP contribution in [0.1, 0.15) is 39.5 Å². The second-order valence-electron chi connectivity index (χ2n) is 5.37. The predicted molar refractivity (Wildman–Crippen MR) is 80.7 cm³/mol. The Kier molecular flexibility index (Phi) is 3.42. The van der Waals surface area contributed by atoms with E-state index in [0.29, 0.717) is 17.9 Å². The molecule has 2 nitrogen and oxygen atoms in total. The van der Waals surface area contributed by atoms with Crippen LogP contribution in [-0.2, 0) is 0 Å². The summed E-state index contributed by atoms with van der Waals surface area (Å²) in [5.41, 5.74) is 2.67. The average Bonchev–Trinajstić information content (AvgIpc) is 3.12. The Morgan fingerprint density at radius 3 is 2.58 bits per heavy atom. The zero-order valence-corrected chi connectivity index (χ0v) is 12.5. The van der Waals surface area contributed by atoms with Gasteiger partial charge in [0.2, 0.25) is 0 Å². The normalized spacial score (nSPS) is 23.3. The third kappa shape index (κ3) is 2.45. The predicted octanol–water partition coefficient (Wildman–Crippen LogP) is 3.82. The van der Waals surface area contributed by atoms with Gasteiger partial charge in [-0.05, 0) is 44.7 Å². The number of benzene rings is 1. The van der Waals surface area contributed by atoms with Gasteiger partial charge in [0.25, 0.3) is 0 Å². The van der Waals surface area contributed by atoms with Crippen molar-refractivity contribution in [3.05, 3.63) is 51.5 Å². The Morgan fingerprint density at radius 1 is 1.26 bits per heavy atom. The summed E-state index contributed by atoms with van der Waals surface area (Å²) in [5, 5.41) is 4.68. The van der Waals surface area contributed by atoms with Gasteiger partial charge in [-0.2, -0.15) is 0 Å². The van der Waals surface area contributed by atoms with Gasteiger partial charge < -0.3 is 5.32 Å². The van der Waals surface area contributed by atoms with Crippen LogP contribution >= 0.6 is 11.3 Å². The van der Waals surface area contributed by atoms with Gasteiger partial charge in [-0.1, -0.05) is 30.3 Å². The van der Waals surface area contributed by atoms with Gasteiger partial charge in [0.05, 0.1) is 10.7 Å². The molecule has 3 unspecified atom stereocenters. The smallest absolute Gasteiger partial charge is 0.0900 e. The van der Waals surface area contributed by atoms with Gasteiger partial charge in [-0.3, -0.25) is 0 Å². The molecule has 0 amide bonds. The molecule has 1 aliphatic carbocycles. The summed E-state index contributed by atoms with van der Waals surface area (Å²) >= 11 is 1.84. The van der Waals surface area contributed by atoms with Crippen LogP contribution in [0.3, 0.4) is 0 Å². The average molecular weight is 272 g/mol. The first-order valence-corrected chi connectivity index (χ1v) is 7.68. The molecule has 1 aliphatic rings. The molecule has 2 aromatic rings. The lowest BCUT2D eigenvalue weighted by molar-refractivity contribution is 0.523. The van der Waals surface area contributed by atoms with E-state index >= 15 is 0 Å². The Hall–Kier alpha value is -1.19. The van der Waals surface area contributed by atoms with Crippen LogP contribution < -0.4 is 5.32 Å². The third-order valence-electron chi connectivity index (χ3n) is 4.03. The fourth-order valence-corrected chi connectivity index (χ4v) is 4.16. The summed E-state index contributed by atoms with van der Waals surface area (Å²) in [5.74, 6) is 1.42. The highest BCUT2D eigenvalue weighted by molar-refractivity contribution is 7.11. The summed E-state index contributed by atoms with van der Waals surface area (Å²) in [6.45, 7) is 4.22. The van der Waals surface area contributed by atoms with Gasteiger partial charge in [-0.25, -0.2) is 4.98 Å². The molecule has 3 atom stereocenters. The van der Waals surface area contributed by atoms with Crippen LogP contribution in [0.25, 0.3) is 0 Å². The summed E-state index contributed by atoms with van der Waals surface area (Å²) in [7, 11) is 2.07. The largest absolute Gasteiger partial charge is 0.312 e. The number of rotatable bonds is 4. The number of nitrogens with zero attached hydrogens (tertiary/aromatic N) is 1. The van der Waals surface area contributed by atoms with Crippen LogP contribution in [0.4, 0.5) is 0 Å². The van der Waals surface area contributed by atoms with Gasteiger partial charge >= 0.3 is 0 Å². The van der Waals surface area contributed by atoms with Crippen LogP contribution in [0, 0.1) is 19.8 Å². The number of nitrogens with one attached hydrogen (secondary N) is 1. The van der Waals surface area contributed by atoms with E-state index in [4.69, 9.17) is 0 Å². The molecule has 1 saturated carbocycles. The number of aryl methyl sites for hydroxylation is 2. The number of hydrogen-bond acceptors (Lipinski definition) is 3. The van der Waals surface area contributed by atoms with Gasteiger partial charge in [-0.15, -0.1) is 11.3 Å². The number of hydrogen-bond donors (Lipinski definition) is 1. The molecule has 1 aromatic carbocycles. The Bertz CT molecular complexity index is 561. The van der Waals surface area contributed by atoms with E-state index < -0.39 is 0 Å². The van der Waals surface area contributed by atoms with Crippen molar-refractivity contribution < 1.29 is 0 Å².